The number of carbonyl (C=O) groups excluding carboxylic acids is 1. The molecule has 2 N–H and O–H groups in total. The number of amidine groups is 1. The summed E-state index contributed by atoms with van der Waals surface area (Å²) in [7, 11) is 0. The molecule has 1 atom stereocenters. The van der Waals surface area contributed by atoms with Crippen LogP contribution in [0.3, 0.4) is 0 Å². The van der Waals surface area contributed by atoms with Gasteiger partial charge in [0.2, 0.25) is 0 Å². The van der Waals surface area contributed by atoms with Crippen molar-refractivity contribution >= 4 is 28.6 Å². The van der Waals surface area contributed by atoms with Crippen LogP contribution in [0.4, 0.5) is 5.69 Å². The average Bonchev–Trinajstić information content (AvgIpc) is 2.46. The molecule has 0 saturated heterocycles. The van der Waals surface area contributed by atoms with E-state index in [1.54, 1.807) is 32.0 Å². The van der Waals surface area contributed by atoms with Crippen molar-refractivity contribution in [3.05, 3.63) is 51.2 Å². The third-order valence-electron chi connectivity index (χ3n) is 3.08. The lowest BCUT2D eigenvalue weighted by Gasteiger charge is -2.23. The summed E-state index contributed by atoms with van der Waals surface area (Å²) in [5.74, 6) is -0.535. The summed E-state index contributed by atoms with van der Waals surface area (Å²) in [5, 5.41) is 10.9. The minimum absolute atomic E-state index is 0.0655. The minimum atomic E-state index is -0.613. The first kappa shape index (κ1) is 16.0. The van der Waals surface area contributed by atoms with Crippen molar-refractivity contribution in [2.75, 3.05) is 6.61 Å². The van der Waals surface area contributed by atoms with Crippen LogP contribution >= 0.6 is 11.8 Å². The van der Waals surface area contributed by atoms with Gasteiger partial charge in [0, 0.05) is 11.6 Å². The standard InChI is InChI=1S/C14H15N3O4S/c1-3-21-13(18)11-8(2)16-14(15)22-12(11)9-6-4-5-7-10(9)17(19)20/h4-7,12H,3H2,1-2H3,(H2,15,16). The number of rotatable bonds is 4. The number of nitrogens with zero attached hydrogens (tertiary/aromatic N) is 2. The number of allylic oxidation sites excluding steroid dienone is 1. The maximum absolute atomic E-state index is 12.2. The van der Waals surface area contributed by atoms with E-state index < -0.39 is 16.1 Å². The summed E-state index contributed by atoms with van der Waals surface area (Å²) >= 11 is 1.10. The van der Waals surface area contributed by atoms with Gasteiger partial charge in [-0.2, -0.15) is 0 Å². The van der Waals surface area contributed by atoms with E-state index >= 15 is 0 Å². The van der Waals surface area contributed by atoms with Crippen LogP contribution in [0.25, 0.3) is 0 Å². The highest BCUT2D eigenvalue weighted by molar-refractivity contribution is 8.14. The van der Waals surface area contributed by atoms with Gasteiger partial charge in [-0.3, -0.25) is 10.1 Å². The van der Waals surface area contributed by atoms with Gasteiger partial charge in [0.25, 0.3) is 5.69 Å². The molecule has 0 radical (unpaired) electrons. The van der Waals surface area contributed by atoms with Crippen molar-refractivity contribution in [1.82, 2.24) is 0 Å². The van der Waals surface area contributed by atoms with E-state index in [1.165, 1.54) is 6.07 Å². The van der Waals surface area contributed by atoms with E-state index in [0.717, 1.165) is 11.8 Å². The molecule has 1 aliphatic heterocycles. The number of para-hydroxylation sites is 1. The highest BCUT2D eigenvalue weighted by Gasteiger charge is 2.34. The van der Waals surface area contributed by atoms with Gasteiger partial charge in [0.1, 0.15) is 0 Å². The molecule has 0 bridgehead atoms. The highest BCUT2D eigenvalue weighted by Crippen LogP contribution is 2.44. The number of hydrogen-bond acceptors (Lipinski definition) is 7. The smallest absolute Gasteiger partial charge is 0.337 e. The van der Waals surface area contributed by atoms with E-state index in [2.05, 4.69) is 4.99 Å². The van der Waals surface area contributed by atoms with Gasteiger partial charge in [-0.25, -0.2) is 9.79 Å². The molecular formula is C14H15N3O4S. The Morgan fingerprint density at radius 2 is 2.18 bits per heavy atom. The molecule has 7 nitrogen and oxygen atoms in total. The van der Waals surface area contributed by atoms with Gasteiger partial charge >= 0.3 is 5.97 Å². The zero-order chi connectivity index (χ0) is 16.3. The van der Waals surface area contributed by atoms with E-state index in [0.29, 0.717) is 11.3 Å². The number of benzene rings is 1. The molecule has 1 aromatic carbocycles. The van der Waals surface area contributed by atoms with Gasteiger partial charge in [0.05, 0.1) is 28.1 Å². The maximum Gasteiger partial charge on any atom is 0.337 e. The first-order valence-corrected chi connectivity index (χ1v) is 7.45. The summed E-state index contributed by atoms with van der Waals surface area (Å²) in [6.07, 6.45) is 0. The van der Waals surface area contributed by atoms with Crippen LogP contribution < -0.4 is 5.73 Å². The number of aliphatic imine (C=N–C) groups is 1. The number of hydrogen-bond donors (Lipinski definition) is 1. The number of ether oxygens (including phenoxy) is 1. The summed E-state index contributed by atoms with van der Waals surface area (Å²) in [6.45, 7) is 3.55. The maximum atomic E-state index is 12.2. The Balaban J connectivity index is 2.56. The van der Waals surface area contributed by atoms with Gasteiger partial charge < -0.3 is 10.5 Å². The summed E-state index contributed by atoms with van der Waals surface area (Å²) < 4.78 is 5.05. The van der Waals surface area contributed by atoms with Gasteiger partial charge in [-0.05, 0) is 13.8 Å². The number of nitro groups is 1. The normalized spacial score (nSPS) is 17.9. The SMILES string of the molecule is CCOC(=O)C1=C(C)N=C(N)SC1c1ccccc1[N+](=O)[O-]. The van der Waals surface area contributed by atoms with Crippen LogP contribution in [-0.2, 0) is 9.53 Å². The Labute approximate surface area is 131 Å². The molecule has 0 aliphatic carbocycles. The van der Waals surface area contributed by atoms with E-state index in [9.17, 15) is 14.9 Å². The first-order chi connectivity index (χ1) is 10.5. The molecule has 1 unspecified atom stereocenters. The molecule has 2 rings (SSSR count). The second-order valence-electron chi connectivity index (χ2n) is 4.48. The van der Waals surface area contributed by atoms with Crippen molar-refractivity contribution in [3.63, 3.8) is 0 Å². The molecule has 0 saturated carbocycles. The van der Waals surface area contributed by atoms with Crippen molar-refractivity contribution < 1.29 is 14.5 Å². The monoisotopic (exact) mass is 321 g/mol. The first-order valence-electron chi connectivity index (χ1n) is 6.57. The average molecular weight is 321 g/mol. The van der Waals surface area contributed by atoms with E-state index in [4.69, 9.17) is 10.5 Å². The number of carbonyl (C=O) groups is 1. The van der Waals surface area contributed by atoms with Crippen LogP contribution in [0.1, 0.15) is 24.7 Å². The van der Waals surface area contributed by atoms with Crippen molar-refractivity contribution in [1.29, 1.82) is 0 Å². The van der Waals surface area contributed by atoms with Crippen molar-refractivity contribution in [2.24, 2.45) is 10.7 Å². The molecule has 1 aliphatic rings. The lowest BCUT2D eigenvalue weighted by molar-refractivity contribution is -0.385. The lowest BCUT2D eigenvalue weighted by Crippen LogP contribution is -2.22. The second-order valence-corrected chi connectivity index (χ2v) is 5.61. The predicted molar refractivity (Wildman–Crippen MR) is 84.4 cm³/mol. The van der Waals surface area contributed by atoms with Crippen LogP contribution in [0.5, 0.6) is 0 Å². The zero-order valence-electron chi connectivity index (χ0n) is 12.1. The Hall–Kier alpha value is -2.35. The fourth-order valence-corrected chi connectivity index (χ4v) is 3.32. The third-order valence-corrected chi connectivity index (χ3v) is 4.14. The summed E-state index contributed by atoms with van der Waals surface area (Å²) in [5.41, 5.74) is 6.81. The van der Waals surface area contributed by atoms with Crippen LogP contribution in [0.2, 0.25) is 0 Å². The topological polar surface area (TPSA) is 108 Å². The molecule has 1 aromatic rings. The number of nitrogens with two attached hydrogens (primary N) is 1. The largest absolute Gasteiger partial charge is 0.463 e. The third kappa shape index (κ3) is 3.11. The van der Waals surface area contributed by atoms with Gasteiger partial charge in [-0.1, -0.05) is 30.0 Å². The quantitative estimate of drug-likeness (QED) is 0.518. The van der Waals surface area contributed by atoms with Crippen LogP contribution in [-0.4, -0.2) is 22.7 Å². The van der Waals surface area contributed by atoms with E-state index in [-0.39, 0.29) is 23.0 Å². The van der Waals surface area contributed by atoms with Gasteiger partial charge in [-0.15, -0.1) is 0 Å². The summed E-state index contributed by atoms with van der Waals surface area (Å²) in [6, 6.07) is 6.27. The van der Waals surface area contributed by atoms with E-state index in [1.807, 2.05) is 0 Å². The van der Waals surface area contributed by atoms with Crippen LogP contribution in [0, 0.1) is 10.1 Å². The molecule has 0 aromatic heterocycles. The minimum Gasteiger partial charge on any atom is -0.463 e. The molecule has 0 amide bonds. The Bertz CT molecular complexity index is 684. The summed E-state index contributed by atoms with van der Waals surface area (Å²) in [4.78, 5) is 27.0. The fourth-order valence-electron chi connectivity index (χ4n) is 2.18. The highest BCUT2D eigenvalue weighted by atomic mass is 32.2. The lowest BCUT2D eigenvalue weighted by atomic mass is 10.0. The van der Waals surface area contributed by atoms with Crippen molar-refractivity contribution in [3.8, 4) is 0 Å². The molecular weight excluding hydrogens is 306 g/mol. The predicted octanol–water partition coefficient (Wildman–Crippen LogP) is 2.53. The second kappa shape index (κ2) is 6.61. The molecule has 116 valence electrons. The number of nitro benzene ring substituents is 1. The zero-order valence-corrected chi connectivity index (χ0v) is 12.9. The van der Waals surface area contributed by atoms with Crippen LogP contribution in [0.15, 0.2) is 40.5 Å². The fraction of sp³-hybridized carbons (Fsp3) is 0.286. The Kier molecular flexibility index (Phi) is 4.81. The molecule has 8 heteroatoms. The Morgan fingerprint density at radius 1 is 1.50 bits per heavy atom. The molecule has 0 fully saturated rings. The number of esters is 1. The molecule has 1 heterocycles. The number of thioether (sulfide) groups is 1. The Morgan fingerprint density at radius 3 is 2.82 bits per heavy atom. The van der Waals surface area contributed by atoms with Crippen molar-refractivity contribution in [2.45, 2.75) is 19.1 Å². The molecule has 0 spiro atoms. The van der Waals surface area contributed by atoms with Gasteiger partial charge in [0.15, 0.2) is 5.17 Å². The molecule has 22 heavy (non-hydrogen) atoms.